The summed E-state index contributed by atoms with van der Waals surface area (Å²) in [5, 5.41) is 30.1. The number of allylic oxidation sites excluding steroid dienone is 1. The molecule has 7 rings (SSSR count). The Labute approximate surface area is 286 Å². The molecule has 5 aliphatic rings. The van der Waals surface area contributed by atoms with Crippen LogP contribution in [-0.4, -0.2) is 60.8 Å². The second-order valence-corrected chi connectivity index (χ2v) is 17.7. The molecule has 0 aromatic carbocycles. The van der Waals surface area contributed by atoms with Crippen LogP contribution < -0.4 is 11.3 Å². The fourth-order valence-electron chi connectivity index (χ4n) is 12.8. The monoisotopic (exact) mass is 667 g/mol. The van der Waals surface area contributed by atoms with Crippen molar-refractivity contribution in [1.82, 2.24) is 19.5 Å². The molecule has 2 aromatic heterocycles. The number of nitrogens with zero attached hydrogens (tertiary/aromatic N) is 3. The van der Waals surface area contributed by atoms with Crippen LogP contribution in [0.1, 0.15) is 106 Å². The molecule has 48 heavy (non-hydrogen) atoms. The second-order valence-electron chi connectivity index (χ2n) is 17.7. The lowest BCUT2D eigenvalue weighted by Crippen LogP contribution is -2.66. The fourth-order valence-corrected chi connectivity index (χ4v) is 12.8. The molecule has 0 unspecified atom stereocenters. The number of nitrogen functional groups attached to an aromatic ring is 1. The van der Waals surface area contributed by atoms with E-state index in [2.05, 4.69) is 63.1 Å². The van der Waals surface area contributed by atoms with Gasteiger partial charge in [0.05, 0.1) is 25.6 Å². The third-order valence-corrected chi connectivity index (χ3v) is 15.5. The van der Waals surface area contributed by atoms with Gasteiger partial charge in [0.15, 0.2) is 11.2 Å². The fraction of sp³-hybridized carbons (Fsp3) is 0.816. The largest absolute Gasteiger partial charge is 0.396 e. The maximum Gasteiger partial charge on any atom is 0.280 e. The molecular weight excluding hydrogens is 606 g/mol. The molecule has 0 amide bonds. The number of aromatic amines is 1. The number of anilines is 1. The predicted molar refractivity (Wildman–Crippen MR) is 188 cm³/mol. The van der Waals surface area contributed by atoms with Crippen molar-refractivity contribution >= 4 is 17.1 Å². The molecule has 6 N–H and O–H groups in total. The zero-order valence-electron chi connectivity index (χ0n) is 30.2. The molecule has 0 aliphatic heterocycles. The number of nitrogens with one attached hydrogen (secondary N) is 1. The van der Waals surface area contributed by atoms with Crippen LogP contribution in [0.4, 0.5) is 5.95 Å². The van der Waals surface area contributed by atoms with Crippen LogP contribution in [0.15, 0.2) is 23.3 Å². The summed E-state index contributed by atoms with van der Waals surface area (Å²) in [4.78, 5) is 21.6. The lowest BCUT2D eigenvalue weighted by molar-refractivity contribution is -0.249. The summed E-state index contributed by atoms with van der Waals surface area (Å²) in [6, 6.07) is 0. The van der Waals surface area contributed by atoms with Crippen LogP contribution in [0.3, 0.4) is 0 Å². The number of H-pyrrole nitrogens is 1. The quantitative estimate of drug-likeness (QED) is 0.195. The number of rotatable bonds is 6. The Morgan fingerprint density at radius 2 is 1.77 bits per heavy atom. The Morgan fingerprint density at radius 1 is 1.02 bits per heavy atom. The molecule has 268 valence electrons. The summed E-state index contributed by atoms with van der Waals surface area (Å²) in [6.45, 7) is 20.0. The molecular formula is C38H61N5O5. The molecule has 0 saturated heterocycles. The van der Waals surface area contributed by atoms with E-state index in [0.717, 1.165) is 18.3 Å². The zero-order chi connectivity index (χ0) is 34.9. The molecule has 5 fully saturated rings. The number of hydrogen-bond acceptors (Lipinski definition) is 8. The summed E-state index contributed by atoms with van der Waals surface area (Å²) in [6.07, 6.45) is 13.7. The third-order valence-electron chi connectivity index (χ3n) is 15.5. The van der Waals surface area contributed by atoms with E-state index in [1.54, 1.807) is 0 Å². The van der Waals surface area contributed by atoms with E-state index in [9.17, 15) is 15.0 Å². The number of imidazole rings is 1. The van der Waals surface area contributed by atoms with Crippen molar-refractivity contribution in [2.45, 2.75) is 119 Å². The molecule has 2 heterocycles. The first-order chi connectivity index (χ1) is 22.6. The number of fused-ring (bicyclic) bond motifs is 8. The lowest BCUT2D eigenvalue weighted by Gasteiger charge is -2.73. The van der Waals surface area contributed by atoms with Gasteiger partial charge in [-0.25, -0.2) is 4.98 Å². The third kappa shape index (κ3) is 5.22. The van der Waals surface area contributed by atoms with Crippen LogP contribution in [0.5, 0.6) is 0 Å². The number of aliphatic hydroxyl groups is 3. The molecule has 10 heteroatoms. The lowest BCUT2D eigenvalue weighted by atomic mass is 9.32. The van der Waals surface area contributed by atoms with Crippen molar-refractivity contribution in [2.24, 2.45) is 56.7 Å². The van der Waals surface area contributed by atoms with Crippen molar-refractivity contribution < 1.29 is 20.1 Å². The van der Waals surface area contributed by atoms with Gasteiger partial charge in [-0.15, -0.1) is 0 Å². The number of aliphatic hydroxyl groups excluding tert-OH is 3. The maximum atomic E-state index is 11.4. The minimum atomic E-state index is -0.386. The Hall–Kier alpha value is -2.27. The van der Waals surface area contributed by atoms with Crippen molar-refractivity contribution in [2.75, 3.05) is 25.6 Å². The van der Waals surface area contributed by atoms with Crippen LogP contribution in [0.2, 0.25) is 0 Å². The SMILES string of the molecule is C=C(C)[C@@H]1CC[C@]2(CO)CC[C@]3(C)[C@H](CC[C@@H]4[C@@]5(C)CC[C@H](O)C(C)(C)[C@@H]5CC[C@]43C)[C@@H]12.Nc1nc2c(ncn2COCCO)c(=O)[nH]1. The van der Waals surface area contributed by atoms with Crippen molar-refractivity contribution in [3.8, 4) is 0 Å². The highest BCUT2D eigenvalue weighted by Gasteiger charge is 2.70. The summed E-state index contributed by atoms with van der Waals surface area (Å²) >= 11 is 0. The van der Waals surface area contributed by atoms with Gasteiger partial charge in [-0.1, -0.05) is 46.8 Å². The van der Waals surface area contributed by atoms with Gasteiger partial charge in [-0.05, 0) is 128 Å². The van der Waals surface area contributed by atoms with Crippen LogP contribution in [0.25, 0.3) is 11.2 Å². The average molecular weight is 668 g/mol. The molecule has 2 aromatic rings. The highest BCUT2D eigenvalue weighted by atomic mass is 16.5. The number of ether oxygens (including phenoxy) is 1. The van der Waals surface area contributed by atoms with Gasteiger partial charge in [0.2, 0.25) is 5.95 Å². The standard InChI is InChI=1S/C30H50O2.C8H11N5O3/c1-19(2)20-10-15-30(18-31)17-16-28(6)21(25(20)30)8-9-23-27(5)13-12-24(32)26(3,4)22(27)11-14-29(23,28)7;9-8-11-6-5(7(15)12-8)10-3-13(6)4-16-2-1-14/h20-25,31-32H,1,8-18H2,2-7H3;3,14H,1-2,4H2,(H3,9,11,12,15)/t20-,21+,22-,23+,24-,25+,27-,28+,29+,30+;/m0./s1. The molecule has 0 bridgehead atoms. The van der Waals surface area contributed by atoms with Crippen molar-refractivity contribution in [3.63, 3.8) is 0 Å². The van der Waals surface area contributed by atoms with E-state index in [1.165, 1.54) is 74.3 Å². The Balaban J connectivity index is 0.000000211. The summed E-state index contributed by atoms with van der Waals surface area (Å²) in [5.41, 5.74) is 8.21. The van der Waals surface area contributed by atoms with Crippen molar-refractivity contribution in [1.29, 1.82) is 0 Å². The van der Waals surface area contributed by atoms with Gasteiger partial charge in [-0.3, -0.25) is 14.3 Å². The molecule has 5 aliphatic carbocycles. The Bertz CT molecular complexity index is 1570. The smallest absolute Gasteiger partial charge is 0.280 e. The highest BCUT2D eigenvalue weighted by molar-refractivity contribution is 5.70. The minimum Gasteiger partial charge on any atom is -0.396 e. The van der Waals surface area contributed by atoms with Crippen LogP contribution in [-0.2, 0) is 11.5 Å². The first kappa shape index (κ1) is 35.6. The van der Waals surface area contributed by atoms with E-state index in [-0.39, 0.29) is 53.9 Å². The minimum absolute atomic E-state index is 0.0290. The van der Waals surface area contributed by atoms with Crippen LogP contribution in [0, 0.1) is 56.7 Å². The van der Waals surface area contributed by atoms with E-state index < -0.39 is 0 Å². The molecule has 0 radical (unpaired) electrons. The number of nitrogens with two attached hydrogens (primary N) is 1. The Morgan fingerprint density at radius 3 is 2.46 bits per heavy atom. The molecule has 10 nitrogen and oxygen atoms in total. The Kier molecular flexibility index (Phi) is 9.26. The van der Waals surface area contributed by atoms with Crippen LogP contribution >= 0.6 is 0 Å². The summed E-state index contributed by atoms with van der Waals surface area (Å²) in [7, 11) is 0. The summed E-state index contributed by atoms with van der Waals surface area (Å²) < 4.78 is 6.63. The normalized spacial score (nSPS) is 41.4. The highest BCUT2D eigenvalue weighted by Crippen LogP contribution is 2.77. The van der Waals surface area contributed by atoms with Gasteiger partial charge in [0.1, 0.15) is 6.73 Å². The average Bonchev–Trinajstić information content (AvgIpc) is 3.62. The van der Waals surface area contributed by atoms with Crippen molar-refractivity contribution in [3.05, 3.63) is 28.8 Å². The maximum absolute atomic E-state index is 11.4. The van der Waals surface area contributed by atoms with E-state index in [4.69, 9.17) is 15.6 Å². The first-order valence-corrected chi connectivity index (χ1v) is 18.4. The number of hydrogen-bond donors (Lipinski definition) is 5. The molecule has 5 saturated carbocycles. The molecule has 10 atom stereocenters. The van der Waals surface area contributed by atoms with Gasteiger partial charge in [0, 0.05) is 6.61 Å². The summed E-state index contributed by atoms with van der Waals surface area (Å²) in [5.74, 6) is 3.36. The molecule has 0 spiro atoms. The number of aromatic nitrogens is 4. The van der Waals surface area contributed by atoms with Gasteiger partial charge in [-0.2, -0.15) is 4.98 Å². The first-order valence-electron chi connectivity index (χ1n) is 18.4. The van der Waals surface area contributed by atoms with Gasteiger partial charge < -0.3 is 25.8 Å². The van der Waals surface area contributed by atoms with E-state index in [1.807, 2.05) is 0 Å². The van der Waals surface area contributed by atoms with Gasteiger partial charge >= 0.3 is 0 Å². The zero-order valence-corrected chi connectivity index (χ0v) is 30.2. The van der Waals surface area contributed by atoms with Gasteiger partial charge in [0.25, 0.3) is 5.56 Å². The van der Waals surface area contributed by atoms with E-state index >= 15 is 0 Å². The second kappa shape index (κ2) is 12.5. The van der Waals surface area contributed by atoms with E-state index in [0.29, 0.717) is 46.3 Å². The predicted octanol–water partition coefficient (Wildman–Crippen LogP) is 5.67. The topological polar surface area (TPSA) is 160 Å².